The number of carbonyl (C=O) groups is 1. The fraction of sp³-hybridized carbons (Fsp3) is 0.200. The van der Waals surface area contributed by atoms with Crippen molar-refractivity contribution in [3.05, 3.63) is 82.0 Å². The van der Waals surface area contributed by atoms with Crippen molar-refractivity contribution < 1.29 is 13.9 Å². The van der Waals surface area contributed by atoms with Crippen molar-refractivity contribution in [3.63, 3.8) is 0 Å². The Morgan fingerprint density at radius 3 is 2.73 bits per heavy atom. The highest BCUT2D eigenvalue weighted by Gasteiger charge is 2.27. The molecule has 1 unspecified atom stereocenters. The Bertz CT molecular complexity index is 1010. The van der Waals surface area contributed by atoms with Crippen molar-refractivity contribution in [1.82, 2.24) is 9.88 Å². The summed E-state index contributed by atoms with van der Waals surface area (Å²) in [5.74, 6) is -0.561. The molecule has 0 radical (unpaired) electrons. The lowest BCUT2D eigenvalue weighted by atomic mass is 10.1. The second-order valence-electron chi connectivity index (χ2n) is 6.26. The molecule has 6 heteroatoms. The van der Waals surface area contributed by atoms with E-state index in [1.165, 1.54) is 12.1 Å². The third-order valence-corrected chi connectivity index (χ3v) is 4.58. The van der Waals surface area contributed by atoms with E-state index in [2.05, 4.69) is 4.98 Å². The first-order valence-corrected chi connectivity index (χ1v) is 8.40. The van der Waals surface area contributed by atoms with Gasteiger partial charge in [0, 0.05) is 11.9 Å². The van der Waals surface area contributed by atoms with Crippen LogP contribution in [0, 0.1) is 5.82 Å². The summed E-state index contributed by atoms with van der Waals surface area (Å²) in [5.41, 5.74) is 0.791. The van der Waals surface area contributed by atoms with Gasteiger partial charge in [-0.3, -0.25) is 9.59 Å². The largest absolute Gasteiger partial charge is 0.370 e. The summed E-state index contributed by atoms with van der Waals surface area (Å²) in [5, 5.41) is 1.28. The number of fused-ring (bicyclic) bond motifs is 1. The number of rotatable bonds is 2. The monoisotopic (exact) mass is 352 g/mol. The predicted octanol–water partition coefficient (Wildman–Crippen LogP) is 2.88. The first kappa shape index (κ1) is 16.5. The minimum absolute atomic E-state index is 0.247. The van der Waals surface area contributed by atoms with Crippen molar-refractivity contribution in [1.29, 1.82) is 0 Å². The predicted molar refractivity (Wildman–Crippen MR) is 95.6 cm³/mol. The first-order chi connectivity index (χ1) is 12.6. The van der Waals surface area contributed by atoms with Crippen LogP contribution in [0.3, 0.4) is 0 Å². The normalized spacial score (nSPS) is 17.4. The fourth-order valence-corrected chi connectivity index (χ4v) is 3.21. The Balaban J connectivity index is 1.59. The standard InChI is InChI=1S/C20H17FN2O3/c21-15-7-5-13(6-8-15)18-12-23(9-10-26-18)20(25)17-11-14-3-1-2-4-16(14)19(24)22-17/h1-8,11,18H,9-10,12H2,(H,22,24). The molecule has 1 aliphatic rings. The number of benzene rings is 2. The molecule has 2 heterocycles. The zero-order valence-electron chi connectivity index (χ0n) is 13.9. The minimum atomic E-state index is -0.319. The lowest BCUT2D eigenvalue weighted by Gasteiger charge is -2.33. The van der Waals surface area contributed by atoms with Gasteiger partial charge in [0.2, 0.25) is 0 Å². The van der Waals surface area contributed by atoms with Gasteiger partial charge in [-0.15, -0.1) is 0 Å². The molecule has 3 aromatic rings. The van der Waals surface area contributed by atoms with Gasteiger partial charge in [0.05, 0.1) is 13.2 Å². The molecule has 4 rings (SSSR count). The van der Waals surface area contributed by atoms with E-state index in [0.717, 1.165) is 10.9 Å². The van der Waals surface area contributed by atoms with Crippen LogP contribution in [0.2, 0.25) is 0 Å². The highest BCUT2D eigenvalue weighted by atomic mass is 19.1. The van der Waals surface area contributed by atoms with E-state index in [9.17, 15) is 14.0 Å². The summed E-state index contributed by atoms with van der Waals surface area (Å²) in [7, 11) is 0. The van der Waals surface area contributed by atoms with Crippen LogP contribution >= 0.6 is 0 Å². The molecule has 1 amide bonds. The lowest BCUT2D eigenvalue weighted by molar-refractivity contribution is -0.0230. The number of morpholine rings is 1. The number of nitrogens with zero attached hydrogens (tertiary/aromatic N) is 1. The maximum absolute atomic E-state index is 13.1. The van der Waals surface area contributed by atoms with Gasteiger partial charge in [-0.05, 0) is 35.2 Å². The number of carbonyl (C=O) groups excluding carboxylic acids is 1. The quantitative estimate of drug-likeness (QED) is 0.771. The van der Waals surface area contributed by atoms with E-state index < -0.39 is 0 Å². The highest BCUT2D eigenvalue weighted by Crippen LogP contribution is 2.23. The molecule has 1 N–H and O–H groups in total. The topological polar surface area (TPSA) is 62.4 Å². The van der Waals surface area contributed by atoms with Gasteiger partial charge in [0.15, 0.2) is 0 Å². The van der Waals surface area contributed by atoms with Crippen molar-refractivity contribution >= 4 is 16.7 Å². The van der Waals surface area contributed by atoms with Gasteiger partial charge in [0.25, 0.3) is 11.5 Å². The number of aromatic amines is 1. The lowest BCUT2D eigenvalue weighted by Crippen LogP contribution is -2.42. The van der Waals surface area contributed by atoms with Crippen LogP contribution in [0.25, 0.3) is 10.8 Å². The number of pyridine rings is 1. The average molecular weight is 352 g/mol. The molecule has 26 heavy (non-hydrogen) atoms. The smallest absolute Gasteiger partial charge is 0.270 e. The van der Waals surface area contributed by atoms with Crippen molar-refractivity contribution in [2.75, 3.05) is 19.7 Å². The molecule has 132 valence electrons. The summed E-state index contributed by atoms with van der Waals surface area (Å²) in [6.07, 6.45) is -0.319. The van der Waals surface area contributed by atoms with Gasteiger partial charge < -0.3 is 14.6 Å². The molecule has 5 nitrogen and oxygen atoms in total. The van der Waals surface area contributed by atoms with E-state index in [-0.39, 0.29) is 29.1 Å². The van der Waals surface area contributed by atoms with Crippen LogP contribution in [-0.4, -0.2) is 35.5 Å². The molecule has 1 saturated heterocycles. The zero-order valence-corrected chi connectivity index (χ0v) is 13.9. The third-order valence-electron chi connectivity index (χ3n) is 4.58. The maximum atomic E-state index is 13.1. The van der Waals surface area contributed by atoms with Crippen LogP contribution < -0.4 is 5.56 Å². The Hall–Kier alpha value is -2.99. The number of amides is 1. The van der Waals surface area contributed by atoms with Crippen molar-refractivity contribution in [2.45, 2.75) is 6.10 Å². The second kappa shape index (κ2) is 6.72. The molecule has 0 bridgehead atoms. The van der Waals surface area contributed by atoms with Crippen LogP contribution in [0.1, 0.15) is 22.2 Å². The van der Waals surface area contributed by atoms with Gasteiger partial charge >= 0.3 is 0 Å². The maximum Gasteiger partial charge on any atom is 0.270 e. The molecular weight excluding hydrogens is 335 g/mol. The Morgan fingerprint density at radius 1 is 1.15 bits per heavy atom. The Labute approximate surface area is 149 Å². The van der Waals surface area contributed by atoms with Gasteiger partial charge in [-0.25, -0.2) is 4.39 Å². The van der Waals surface area contributed by atoms with Crippen molar-refractivity contribution in [3.8, 4) is 0 Å². The second-order valence-corrected chi connectivity index (χ2v) is 6.26. The number of hydrogen-bond donors (Lipinski definition) is 1. The summed E-state index contributed by atoms with van der Waals surface area (Å²) >= 11 is 0. The van der Waals surface area contributed by atoms with Gasteiger partial charge in [-0.2, -0.15) is 0 Å². The van der Waals surface area contributed by atoms with Crippen LogP contribution in [-0.2, 0) is 4.74 Å². The number of nitrogens with one attached hydrogen (secondary N) is 1. The molecule has 1 aromatic heterocycles. The molecule has 2 aromatic carbocycles. The fourth-order valence-electron chi connectivity index (χ4n) is 3.21. The van der Waals surface area contributed by atoms with E-state index >= 15 is 0 Å². The van der Waals surface area contributed by atoms with Gasteiger partial charge in [0.1, 0.15) is 17.6 Å². The average Bonchev–Trinajstić information content (AvgIpc) is 2.68. The van der Waals surface area contributed by atoms with E-state index in [0.29, 0.717) is 25.1 Å². The van der Waals surface area contributed by atoms with Gasteiger partial charge in [-0.1, -0.05) is 30.3 Å². The molecule has 1 fully saturated rings. The Morgan fingerprint density at radius 2 is 1.92 bits per heavy atom. The molecule has 0 spiro atoms. The Kier molecular flexibility index (Phi) is 4.26. The van der Waals surface area contributed by atoms with Crippen LogP contribution in [0.4, 0.5) is 4.39 Å². The molecule has 0 aliphatic carbocycles. The highest BCUT2D eigenvalue weighted by molar-refractivity contribution is 5.96. The summed E-state index contributed by atoms with van der Waals surface area (Å²) in [6, 6.07) is 14.9. The van der Waals surface area contributed by atoms with Crippen LogP contribution in [0.15, 0.2) is 59.4 Å². The first-order valence-electron chi connectivity index (χ1n) is 8.40. The van der Waals surface area contributed by atoms with E-state index in [1.807, 2.05) is 12.1 Å². The van der Waals surface area contributed by atoms with E-state index in [4.69, 9.17) is 4.74 Å². The number of halogens is 1. The van der Waals surface area contributed by atoms with Crippen LogP contribution in [0.5, 0.6) is 0 Å². The van der Waals surface area contributed by atoms with Crippen molar-refractivity contribution in [2.24, 2.45) is 0 Å². The number of aromatic nitrogens is 1. The SMILES string of the molecule is O=C(c1cc2ccccc2c(=O)[nH]1)N1CCOC(c2ccc(F)cc2)C1. The third kappa shape index (κ3) is 3.11. The molecule has 1 aliphatic heterocycles. The zero-order chi connectivity index (χ0) is 18.1. The number of H-pyrrole nitrogens is 1. The molecule has 1 atom stereocenters. The molecule has 0 saturated carbocycles. The van der Waals surface area contributed by atoms with E-state index in [1.54, 1.807) is 35.2 Å². The summed E-state index contributed by atoms with van der Waals surface area (Å²) in [6.45, 7) is 1.16. The molecular formula is C20H17FN2O3. The summed E-state index contributed by atoms with van der Waals surface area (Å²) in [4.78, 5) is 29.4. The number of ether oxygens (including phenoxy) is 1. The minimum Gasteiger partial charge on any atom is -0.370 e. The number of hydrogen-bond acceptors (Lipinski definition) is 3. The summed E-state index contributed by atoms with van der Waals surface area (Å²) < 4.78 is 18.8.